The zero-order valence-corrected chi connectivity index (χ0v) is 19.7. The molecule has 2 N–H and O–H groups in total. The van der Waals surface area contributed by atoms with E-state index in [1.54, 1.807) is 24.3 Å². The van der Waals surface area contributed by atoms with E-state index in [0.29, 0.717) is 17.9 Å². The highest BCUT2D eigenvalue weighted by atomic mass is 16.7. The van der Waals surface area contributed by atoms with Crippen LogP contribution >= 0.6 is 0 Å². The Bertz CT molecular complexity index is 1130. The van der Waals surface area contributed by atoms with Crippen molar-refractivity contribution in [3.63, 3.8) is 0 Å². The maximum absolute atomic E-state index is 13.3. The predicted molar refractivity (Wildman–Crippen MR) is 125 cm³/mol. The van der Waals surface area contributed by atoms with Crippen LogP contribution in [0.2, 0.25) is 0 Å². The van der Waals surface area contributed by atoms with Crippen LogP contribution in [0.25, 0.3) is 0 Å². The molecule has 1 aromatic heterocycles. The molecule has 2 aromatic rings. The van der Waals surface area contributed by atoms with Crippen molar-refractivity contribution in [2.24, 2.45) is 0 Å². The first-order valence-corrected chi connectivity index (χ1v) is 11.1. The Morgan fingerprint density at radius 3 is 2.63 bits per heavy atom. The van der Waals surface area contributed by atoms with E-state index in [4.69, 9.17) is 19.5 Å². The monoisotopic (exact) mass is 484 g/mol. The molecular formula is C24H28N4O7. The molecule has 1 unspecified atom stereocenters. The number of hydrogen-bond acceptors (Lipinski definition) is 8. The number of rotatable bonds is 9. The molecular weight excluding hydrogens is 456 g/mol. The van der Waals surface area contributed by atoms with Crippen molar-refractivity contribution in [3.05, 3.63) is 57.5 Å². The van der Waals surface area contributed by atoms with Gasteiger partial charge in [-0.1, -0.05) is 12.1 Å². The molecule has 1 aromatic carbocycles. The molecule has 0 aliphatic carbocycles. The zero-order valence-electron chi connectivity index (χ0n) is 19.7. The molecule has 11 heteroatoms. The van der Waals surface area contributed by atoms with Crippen LogP contribution in [0.15, 0.2) is 35.1 Å². The molecule has 186 valence electrons. The molecule has 1 aliphatic heterocycles. The van der Waals surface area contributed by atoms with Crippen LogP contribution in [0.1, 0.15) is 36.1 Å². The second kappa shape index (κ2) is 12.5. The molecule has 3 rings (SSSR count). The fourth-order valence-electron chi connectivity index (χ4n) is 3.51. The number of methoxy groups -OCH3 is 2. The number of carbonyl (C=O) groups is 2. The summed E-state index contributed by atoms with van der Waals surface area (Å²) in [5, 5.41) is 14.0. The fourth-order valence-corrected chi connectivity index (χ4v) is 3.51. The molecule has 35 heavy (non-hydrogen) atoms. The fraction of sp³-hybridized carbons (Fsp3) is 0.417. The Morgan fingerprint density at radius 2 is 2.00 bits per heavy atom. The molecule has 11 nitrogen and oxygen atoms in total. The van der Waals surface area contributed by atoms with Crippen LogP contribution in [0.5, 0.6) is 5.75 Å². The summed E-state index contributed by atoms with van der Waals surface area (Å²) in [6.07, 6.45) is 1.41. The van der Waals surface area contributed by atoms with Gasteiger partial charge in [0.25, 0.3) is 5.56 Å². The van der Waals surface area contributed by atoms with E-state index < -0.39 is 23.8 Å². The summed E-state index contributed by atoms with van der Waals surface area (Å²) in [6, 6.07) is 10.4. The van der Waals surface area contributed by atoms with Gasteiger partial charge in [-0.3, -0.25) is 19.5 Å². The van der Waals surface area contributed by atoms with Gasteiger partial charge in [-0.25, -0.2) is 4.79 Å². The van der Waals surface area contributed by atoms with E-state index >= 15 is 0 Å². The molecule has 0 spiro atoms. The average molecular weight is 485 g/mol. The second-order valence-electron chi connectivity index (χ2n) is 7.78. The van der Waals surface area contributed by atoms with Gasteiger partial charge in [-0.2, -0.15) is 5.26 Å². The lowest BCUT2D eigenvalue weighted by atomic mass is 10.1. The van der Waals surface area contributed by atoms with E-state index in [9.17, 15) is 14.4 Å². The van der Waals surface area contributed by atoms with Crippen LogP contribution in [0.3, 0.4) is 0 Å². The van der Waals surface area contributed by atoms with Gasteiger partial charge in [0.05, 0.1) is 38.2 Å². The van der Waals surface area contributed by atoms with Crippen molar-refractivity contribution in [2.75, 3.05) is 26.1 Å². The number of hydrogen-bond donors (Lipinski definition) is 2. The Morgan fingerprint density at radius 1 is 1.23 bits per heavy atom. The maximum atomic E-state index is 13.3. The van der Waals surface area contributed by atoms with Crippen LogP contribution < -0.4 is 20.9 Å². The van der Waals surface area contributed by atoms with Crippen LogP contribution in [0.4, 0.5) is 10.5 Å². The normalized spacial score (nSPS) is 15.1. The number of pyridine rings is 1. The molecule has 0 radical (unpaired) electrons. The minimum absolute atomic E-state index is 0.00231. The number of nitrogens with one attached hydrogen (secondary N) is 2. The molecule has 1 aliphatic rings. The summed E-state index contributed by atoms with van der Waals surface area (Å²) >= 11 is 0. The van der Waals surface area contributed by atoms with Crippen LogP contribution in [-0.2, 0) is 38.7 Å². The van der Waals surface area contributed by atoms with Crippen molar-refractivity contribution in [1.82, 2.24) is 9.88 Å². The van der Waals surface area contributed by atoms with Gasteiger partial charge < -0.3 is 24.3 Å². The average Bonchev–Trinajstić information content (AvgIpc) is 2.89. The van der Waals surface area contributed by atoms with E-state index in [-0.39, 0.29) is 31.1 Å². The quantitative estimate of drug-likeness (QED) is 0.552. The maximum Gasteiger partial charge on any atom is 0.411 e. The second-order valence-corrected chi connectivity index (χ2v) is 7.78. The standard InChI is InChI=1S/C24H28N4O7/c1-32-19-11-18(15-35-21-5-3-4-10-34-21)28(23(30)22(19)27-24(31)33-2)14-20(29)26-13-17-8-6-16(12-25)7-9-17/h6-9,11,21H,3-5,10,13-15H2,1-2H3,(H,26,29)(H,27,31). The third kappa shape index (κ3) is 7.05. The van der Waals surface area contributed by atoms with Gasteiger partial charge in [0, 0.05) is 19.2 Å². The zero-order chi connectivity index (χ0) is 25.2. The van der Waals surface area contributed by atoms with Gasteiger partial charge >= 0.3 is 6.09 Å². The lowest BCUT2D eigenvalue weighted by molar-refractivity contribution is -0.170. The predicted octanol–water partition coefficient (Wildman–Crippen LogP) is 2.27. The number of carbonyl (C=O) groups excluding carboxylic acids is 2. The number of ether oxygens (including phenoxy) is 4. The van der Waals surface area contributed by atoms with E-state index in [2.05, 4.69) is 15.4 Å². The molecule has 2 amide bonds. The van der Waals surface area contributed by atoms with Gasteiger partial charge in [0.1, 0.15) is 12.3 Å². The number of benzene rings is 1. The van der Waals surface area contributed by atoms with E-state index in [1.165, 1.54) is 24.9 Å². The molecule has 0 saturated carbocycles. The minimum atomic E-state index is -0.850. The summed E-state index contributed by atoms with van der Waals surface area (Å²) in [7, 11) is 2.53. The number of aromatic nitrogens is 1. The van der Waals surface area contributed by atoms with Crippen molar-refractivity contribution in [3.8, 4) is 11.8 Å². The highest BCUT2D eigenvalue weighted by Gasteiger charge is 2.21. The summed E-state index contributed by atoms with van der Waals surface area (Å²) < 4.78 is 22.5. The van der Waals surface area contributed by atoms with Crippen molar-refractivity contribution in [2.45, 2.75) is 45.2 Å². The van der Waals surface area contributed by atoms with E-state index in [1.807, 2.05) is 6.07 Å². The SMILES string of the molecule is COC(=O)Nc1c(OC)cc(COC2CCCCO2)n(CC(=O)NCc2ccc(C#N)cc2)c1=O. The molecule has 1 saturated heterocycles. The summed E-state index contributed by atoms with van der Waals surface area (Å²) in [4.78, 5) is 37.8. The van der Waals surface area contributed by atoms with Gasteiger partial charge in [0.2, 0.25) is 5.91 Å². The molecule has 1 atom stereocenters. The molecule has 1 fully saturated rings. The van der Waals surface area contributed by atoms with Gasteiger partial charge in [-0.15, -0.1) is 0 Å². The third-order valence-corrected chi connectivity index (χ3v) is 5.41. The number of amides is 2. The lowest BCUT2D eigenvalue weighted by Gasteiger charge is -2.24. The Hall–Kier alpha value is -3.88. The highest BCUT2D eigenvalue weighted by Crippen LogP contribution is 2.23. The van der Waals surface area contributed by atoms with Crippen LogP contribution in [0, 0.1) is 11.3 Å². The van der Waals surface area contributed by atoms with Crippen molar-refractivity contribution >= 4 is 17.7 Å². The van der Waals surface area contributed by atoms with Crippen molar-refractivity contribution < 1.29 is 28.5 Å². The smallest absolute Gasteiger partial charge is 0.411 e. The number of nitriles is 1. The van der Waals surface area contributed by atoms with E-state index in [0.717, 1.165) is 24.8 Å². The largest absolute Gasteiger partial charge is 0.494 e. The third-order valence-electron chi connectivity index (χ3n) is 5.41. The molecule has 0 bridgehead atoms. The highest BCUT2D eigenvalue weighted by molar-refractivity contribution is 5.86. The topological polar surface area (TPSA) is 141 Å². The first-order valence-electron chi connectivity index (χ1n) is 11.1. The summed E-state index contributed by atoms with van der Waals surface area (Å²) in [6.45, 7) is 0.488. The van der Waals surface area contributed by atoms with Gasteiger partial charge in [0.15, 0.2) is 12.0 Å². The number of anilines is 1. The lowest BCUT2D eigenvalue weighted by Crippen LogP contribution is -2.36. The molecule has 2 heterocycles. The minimum Gasteiger partial charge on any atom is -0.494 e. The Labute approximate surface area is 202 Å². The van der Waals surface area contributed by atoms with Crippen LogP contribution in [-0.4, -0.2) is 43.7 Å². The number of nitrogens with zero attached hydrogens (tertiary/aromatic N) is 2. The van der Waals surface area contributed by atoms with Gasteiger partial charge in [-0.05, 0) is 37.0 Å². The first kappa shape index (κ1) is 25.7. The Balaban J connectivity index is 1.82. The summed E-state index contributed by atoms with van der Waals surface area (Å²) in [5.41, 5.74) is 0.890. The summed E-state index contributed by atoms with van der Waals surface area (Å²) in [5.74, 6) is -0.321. The van der Waals surface area contributed by atoms with Crippen molar-refractivity contribution in [1.29, 1.82) is 5.26 Å². The first-order chi connectivity index (χ1) is 16.9. The Kier molecular flexibility index (Phi) is 9.23.